The third-order valence-electron chi connectivity index (χ3n) is 2.15. The number of aromatic nitrogens is 1. The van der Waals surface area contributed by atoms with Crippen LogP contribution < -0.4 is 4.74 Å². The average Bonchev–Trinajstić information content (AvgIpc) is 2.63. The zero-order chi connectivity index (χ0) is 10.7. The number of hydrogen-bond acceptors (Lipinski definition) is 3. The maximum atomic E-state index is 6.10. The van der Waals surface area contributed by atoms with Crippen molar-refractivity contribution >= 4 is 33.2 Å². The number of unbranched alkanes of at least 4 members (excludes halogenated alkanes) is 1. The van der Waals surface area contributed by atoms with E-state index in [-0.39, 0.29) is 0 Å². The topological polar surface area (TPSA) is 22.1 Å². The Kier molecular flexibility index (Phi) is 3.44. The van der Waals surface area contributed by atoms with Gasteiger partial charge in [0.25, 0.3) is 0 Å². The van der Waals surface area contributed by atoms with E-state index in [1.54, 1.807) is 0 Å². The van der Waals surface area contributed by atoms with Gasteiger partial charge < -0.3 is 4.74 Å². The molecule has 0 saturated carbocycles. The number of hydrogen-bond donors (Lipinski definition) is 0. The zero-order valence-corrected chi connectivity index (χ0v) is 10.1. The van der Waals surface area contributed by atoms with Gasteiger partial charge in [0.1, 0.15) is 0 Å². The Bertz CT molecular complexity index is 455. The summed E-state index contributed by atoms with van der Waals surface area (Å²) in [4.78, 5) is 0. The third kappa shape index (κ3) is 2.24. The molecule has 0 atom stereocenters. The molecule has 0 fully saturated rings. The largest absolute Gasteiger partial charge is 0.477 e. The van der Waals surface area contributed by atoms with E-state index < -0.39 is 0 Å². The summed E-state index contributed by atoms with van der Waals surface area (Å²) in [5, 5.41) is 1.66. The van der Waals surface area contributed by atoms with Crippen molar-refractivity contribution in [1.82, 2.24) is 4.37 Å². The van der Waals surface area contributed by atoms with E-state index in [4.69, 9.17) is 16.3 Å². The first-order valence-corrected chi connectivity index (χ1v) is 6.14. The lowest BCUT2D eigenvalue weighted by Crippen LogP contribution is -1.96. The van der Waals surface area contributed by atoms with E-state index in [1.165, 1.54) is 11.5 Å². The molecule has 1 heterocycles. The van der Waals surface area contributed by atoms with Crippen molar-refractivity contribution in [2.75, 3.05) is 6.61 Å². The molecule has 80 valence electrons. The monoisotopic (exact) mass is 241 g/mol. The predicted octanol–water partition coefficient (Wildman–Crippen LogP) is 4.13. The van der Waals surface area contributed by atoms with Gasteiger partial charge in [-0.2, -0.15) is 4.37 Å². The van der Waals surface area contributed by atoms with E-state index in [9.17, 15) is 0 Å². The van der Waals surface area contributed by atoms with E-state index in [1.807, 2.05) is 18.2 Å². The molecular formula is C11H12ClNOS. The highest BCUT2D eigenvalue weighted by Gasteiger charge is 2.09. The summed E-state index contributed by atoms with van der Waals surface area (Å²) in [6.07, 6.45) is 2.17. The SMILES string of the molecule is CCCCOc1nsc2cccc(Cl)c12. The molecule has 1 aromatic carbocycles. The minimum Gasteiger partial charge on any atom is -0.477 e. The summed E-state index contributed by atoms with van der Waals surface area (Å²) in [7, 11) is 0. The minimum atomic E-state index is 0.675. The van der Waals surface area contributed by atoms with Crippen LogP contribution in [0.5, 0.6) is 5.88 Å². The number of rotatable bonds is 4. The van der Waals surface area contributed by atoms with Crippen LogP contribution in [0.15, 0.2) is 18.2 Å². The number of ether oxygens (including phenoxy) is 1. The molecule has 0 radical (unpaired) electrons. The second kappa shape index (κ2) is 4.81. The first kappa shape index (κ1) is 10.7. The third-order valence-corrected chi connectivity index (χ3v) is 3.26. The predicted molar refractivity (Wildman–Crippen MR) is 65.0 cm³/mol. The van der Waals surface area contributed by atoms with Crippen LogP contribution in [0, 0.1) is 0 Å². The number of fused-ring (bicyclic) bond motifs is 1. The lowest BCUT2D eigenvalue weighted by Gasteiger charge is -2.02. The molecule has 0 bridgehead atoms. The van der Waals surface area contributed by atoms with Gasteiger partial charge in [-0.15, -0.1) is 0 Å². The highest BCUT2D eigenvalue weighted by Crippen LogP contribution is 2.34. The standard InChI is InChI=1S/C11H12ClNOS/c1-2-3-7-14-11-10-8(12)5-4-6-9(10)15-13-11/h4-6H,2-3,7H2,1H3. The molecule has 0 aliphatic rings. The quantitative estimate of drug-likeness (QED) is 0.751. The van der Waals surface area contributed by atoms with E-state index in [0.717, 1.165) is 22.9 Å². The summed E-state index contributed by atoms with van der Waals surface area (Å²) >= 11 is 7.53. The molecule has 2 nitrogen and oxygen atoms in total. The lowest BCUT2D eigenvalue weighted by atomic mass is 10.3. The first-order chi connectivity index (χ1) is 7.33. The molecule has 2 rings (SSSR count). The normalized spacial score (nSPS) is 10.8. The van der Waals surface area contributed by atoms with Crippen molar-refractivity contribution < 1.29 is 4.74 Å². The molecule has 0 spiro atoms. The average molecular weight is 242 g/mol. The Labute approximate surface area is 98.0 Å². The van der Waals surface area contributed by atoms with Gasteiger partial charge in [0.05, 0.1) is 21.7 Å². The van der Waals surface area contributed by atoms with Gasteiger partial charge in [-0.25, -0.2) is 0 Å². The summed E-state index contributed by atoms with van der Waals surface area (Å²) in [5.74, 6) is 0.675. The first-order valence-electron chi connectivity index (χ1n) is 4.99. The molecule has 0 aliphatic carbocycles. The van der Waals surface area contributed by atoms with Crippen LogP contribution in [0.2, 0.25) is 5.02 Å². The van der Waals surface area contributed by atoms with Crippen LogP contribution in [0.1, 0.15) is 19.8 Å². The minimum absolute atomic E-state index is 0.675. The zero-order valence-electron chi connectivity index (χ0n) is 8.50. The Hall–Kier alpha value is -0.800. The fraction of sp³-hybridized carbons (Fsp3) is 0.364. The van der Waals surface area contributed by atoms with Crippen LogP contribution >= 0.6 is 23.1 Å². The second-order valence-electron chi connectivity index (χ2n) is 3.30. The Morgan fingerprint density at radius 3 is 3.13 bits per heavy atom. The van der Waals surface area contributed by atoms with E-state index in [0.29, 0.717) is 17.5 Å². The van der Waals surface area contributed by atoms with Crippen LogP contribution in [0.4, 0.5) is 0 Å². The second-order valence-corrected chi connectivity index (χ2v) is 4.51. The van der Waals surface area contributed by atoms with Gasteiger partial charge in [0.15, 0.2) is 0 Å². The van der Waals surface area contributed by atoms with Crippen LogP contribution in [-0.2, 0) is 0 Å². The van der Waals surface area contributed by atoms with Crippen molar-refractivity contribution in [1.29, 1.82) is 0 Å². The van der Waals surface area contributed by atoms with Gasteiger partial charge in [0, 0.05) is 0 Å². The van der Waals surface area contributed by atoms with Crippen molar-refractivity contribution in [3.8, 4) is 5.88 Å². The Morgan fingerprint density at radius 1 is 1.47 bits per heavy atom. The van der Waals surface area contributed by atoms with Crippen molar-refractivity contribution in [2.45, 2.75) is 19.8 Å². The van der Waals surface area contributed by atoms with Crippen molar-refractivity contribution in [2.24, 2.45) is 0 Å². The molecule has 4 heteroatoms. The van der Waals surface area contributed by atoms with Gasteiger partial charge >= 0.3 is 0 Å². The lowest BCUT2D eigenvalue weighted by molar-refractivity contribution is 0.304. The molecule has 0 aliphatic heterocycles. The summed E-state index contributed by atoms with van der Waals surface area (Å²) in [5.41, 5.74) is 0. The number of benzene rings is 1. The number of halogens is 1. The Morgan fingerprint density at radius 2 is 2.33 bits per heavy atom. The van der Waals surface area contributed by atoms with Crippen LogP contribution in [0.25, 0.3) is 10.1 Å². The smallest absolute Gasteiger partial charge is 0.234 e. The van der Waals surface area contributed by atoms with Gasteiger partial charge in [-0.3, -0.25) is 0 Å². The summed E-state index contributed by atoms with van der Waals surface area (Å²) in [6.45, 7) is 2.84. The van der Waals surface area contributed by atoms with E-state index in [2.05, 4.69) is 11.3 Å². The molecule has 0 unspecified atom stereocenters. The van der Waals surface area contributed by atoms with Crippen molar-refractivity contribution in [3.05, 3.63) is 23.2 Å². The van der Waals surface area contributed by atoms with Gasteiger partial charge in [-0.05, 0) is 30.1 Å². The maximum absolute atomic E-state index is 6.10. The molecular weight excluding hydrogens is 230 g/mol. The molecule has 0 saturated heterocycles. The Balaban J connectivity index is 2.27. The van der Waals surface area contributed by atoms with Crippen LogP contribution in [0.3, 0.4) is 0 Å². The fourth-order valence-corrected chi connectivity index (χ4v) is 2.40. The number of nitrogens with zero attached hydrogens (tertiary/aromatic N) is 1. The molecule has 15 heavy (non-hydrogen) atoms. The maximum Gasteiger partial charge on any atom is 0.234 e. The molecule has 0 N–H and O–H groups in total. The highest BCUT2D eigenvalue weighted by atomic mass is 35.5. The fourth-order valence-electron chi connectivity index (χ4n) is 1.34. The van der Waals surface area contributed by atoms with Gasteiger partial charge in [-0.1, -0.05) is 31.0 Å². The molecule has 1 aromatic heterocycles. The highest BCUT2D eigenvalue weighted by molar-refractivity contribution is 7.13. The van der Waals surface area contributed by atoms with Crippen molar-refractivity contribution in [3.63, 3.8) is 0 Å². The summed E-state index contributed by atoms with van der Waals surface area (Å²) < 4.78 is 10.9. The molecule has 0 amide bonds. The molecule has 2 aromatic rings. The van der Waals surface area contributed by atoms with E-state index >= 15 is 0 Å². The van der Waals surface area contributed by atoms with Crippen LogP contribution in [-0.4, -0.2) is 11.0 Å². The van der Waals surface area contributed by atoms with Gasteiger partial charge in [0.2, 0.25) is 5.88 Å². The summed E-state index contributed by atoms with van der Waals surface area (Å²) in [6, 6.07) is 5.80.